The van der Waals surface area contributed by atoms with Crippen LogP contribution in [0.25, 0.3) is 10.9 Å². The minimum Gasteiger partial charge on any atom is -0.479 e. The van der Waals surface area contributed by atoms with Crippen molar-refractivity contribution in [2.24, 2.45) is 5.41 Å². The second-order valence-corrected chi connectivity index (χ2v) is 11.0. The fourth-order valence-electron chi connectivity index (χ4n) is 5.28. The summed E-state index contributed by atoms with van der Waals surface area (Å²) in [5.41, 5.74) is -3.12. The molecule has 1 aromatic carbocycles. The maximum atomic E-state index is 13.3. The van der Waals surface area contributed by atoms with Crippen molar-refractivity contribution in [3.63, 3.8) is 0 Å². The van der Waals surface area contributed by atoms with Crippen molar-refractivity contribution in [2.45, 2.75) is 63.5 Å². The van der Waals surface area contributed by atoms with Crippen molar-refractivity contribution in [1.82, 2.24) is 14.8 Å². The maximum absolute atomic E-state index is 13.3. The number of alkyl halides is 3. The number of carbonyl (C=O) groups is 1. The number of aliphatic carboxylic acids is 1. The number of pyridine rings is 1. The maximum Gasteiger partial charge on any atom is 0.418 e. The van der Waals surface area contributed by atoms with Gasteiger partial charge in [-0.05, 0) is 36.6 Å². The Balaban J connectivity index is 1.75. The molecule has 214 valence electrons. The van der Waals surface area contributed by atoms with Crippen molar-refractivity contribution < 1.29 is 32.5 Å². The Bertz CT molecular complexity index is 1490. The number of rotatable bonds is 7. The van der Waals surface area contributed by atoms with Crippen LogP contribution in [0.4, 0.5) is 24.7 Å². The number of nitriles is 1. The summed E-state index contributed by atoms with van der Waals surface area (Å²) in [6, 6.07) is 9.11. The molecule has 10 nitrogen and oxygen atoms in total. The number of methoxy groups -OCH3 is 1. The molecule has 13 heteroatoms. The zero-order chi connectivity index (χ0) is 29.5. The van der Waals surface area contributed by atoms with E-state index in [4.69, 9.17) is 4.74 Å². The molecular formula is C27H30F3N5O5. The van der Waals surface area contributed by atoms with Gasteiger partial charge < -0.3 is 24.9 Å². The van der Waals surface area contributed by atoms with Gasteiger partial charge in [-0.15, -0.1) is 0 Å². The monoisotopic (exact) mass is 561 g/mol. The van der Waals surface area contributed by atoms with Gasteiger partial charge in [-0.1, -0.05) is 32.9 Å². The number of nitrogens with one attached hydrogen (secondary N) is 2. The predicted octanol–water partition coefficient (Wildman–Crippen LogP) is 5.01. The highest BCUT2D eigenvalue weighted by Crippen LogP contribution is 2.47. The number of anilines is 2. The van der Waals surface area contributed by atoms with E-state index >= 15 is 0 Å². The fourth-order valence-corrected chi connectivity index (χ4v) is 5.28. The largest absolute Gasteiger partial charge is 0.479 e. The van der Waals surface area contributed by atoms with Crippen LogP contribution < -0.4 is 10.9 Å². The van der Waals surface area contributed by atoms with Gasteiger partial charge >= 0.3 is 12.1 Å². The molecular weight excluding hydrogens is 531 g/mol. The Morgan fingerprint density at radius 1 is 1.27 bits per heavy atom. The number of carboxylic acid groups (broad SMARTS) is 1. The number of aromatic nitrogens is 3. The quantitative estimate of drug-likeness (QED) is 0.366. The van der Waals surface area contributed by atoms with Gasteiger partial charge in [0.05, 0.1) is 30.2 Å². The molecule has 1 aliphatic rings. The molecule has 1 fully saturated rings. The van der Waals surface area contributed by atoms with Gasteiger partial charge in [0.15, 0.2) is 17.5 Å². The SMILES string of the molecule is COC(c1ccc(Nc2nn(C3(CC#N)CCC(C(=O)O)(C(C)(C)C)OC3)c3cc[nH]c(=O)c23)cc1)C(F)(F)F. The number of hydrogen-bond acceptors (Lipinski definition) is 7. The average molecular weight is 562 g/mol. The molecule has 3 heterocycles. The molecule has 0 bridgehead atoms. The lowest BCUT2D eigenvalue weighted by atomic mass is 9.69. The number of H-pyrrole nitrogens is 1. The van der Waals surface area contributed by atoms with Gasteiger partial charge in [-0.25, -0.2) is 4.79 Å². The lowest BCUT2D eigenvalue weighted by Crippen LogP contribution is -2.59. The summed E-state index contributed by atoms with van der Waals surface area (Å²) in [5, 5.41) is 27.6. The van der Waals surface area contributed by atoms with E-state index in [0.717, 1.165) is 7.11 Å². The van der Waals surface area contributed by atoms with Gasteiger partial charge in [0, 0.05) is 24.4 Å². The zero-order valence-corrected chi connectivity index (χ0v) is 22.4. The highest BCUT2D eigenvalue weighted by Gasteiger charge is 2.56. The first kappa shape index (κ1) is 29.1. The van der Waals surface area contributed by atoms with E-state index in [1.54, 1.807) is 26.8 Å². The van der Waals surface area contributed by atoms with Crippen LogP contribution in [0.3, 0.4) is 0 Å². The first-order valence-electron chi connectivity index (χ1n) is 12.5. The molecule has 3 aromatic rings. The Labute approximate surface area is 227 Å². The highest BCUT2D eigenvalue weighted by molar-refractivity contribution is 5.91. The Morgan fingerprint density at radius 2 is 1.95 bits per heavy atom. The average Bonchev–Trinajstić information content (AvgIpc) is 3.24. The lowest BCUT2D eigenvalue weighted by molar-refractivity contribution is -0.216. The molecule has 3 unspecified atom stereocenters. The van der Waals surface area contributed by atoms with Crippen molar-refractivity contribution in [3.05, 3.63) is 52.4 Å². The third-order valence-corrected chi connectivity index (χ3v) is 7.56. The summed E-state index contributed by atoms with van der Waals surface area (Å²) in [5.74, 6) is -0.980. The molecule has 0 amide bonds. The number of carboxylic acids is 1. The van der Waals surface area contributed by atoms with Crippen LogP contribution in [-0.4, -0.2) is 51.3 Å². The number of ether oxygens (including phenoxy) is 2. The molecule has 0 spiro atoms. The molecule has 3 atom stereocenters. The number of halogens is 3. The van der Waals surface area contributed by atoms with E-state index in [1.165, 1.54) is 35.1 Å². The first-order chi connectivity index (χ1) is 18.7. The number of fused-ring (bicyclic) bond motifs is 1. The van der Waals surface area contributed by atoms with E-state index in [0.29, 0.717) is 11.2 Å². The van der Waals surface area contributed by atoms with E-state index < -0.39 is 40.4 Å². The molecule has 3 N–H and O–H groups in total. The summed E-state index contributed by atoms with van der Waals surface area (Å²) in [6.45, 7) is 5.19. The first-order valence-corrected chi connectivity index (χ1v) is 12.5. The summed E-state index contributed by atoms with van der Waals surface area (Å²) in [6.07, 6.45) is -4.98. The van der Waals surface area contributed by atoms with Crippen LogP contribution in [-0.2, 0) is 19.8 Å². The molecule has 4 rings (SSSR count). The second-order valence-electron chi connectivity index (χ2n) is 11.0. The van der Waals surface area contributed by atoms with Gasteiger partial charge in [-0.2, -0.15) is 23.5 Å². The number of nitrogens with zero attached hydrogens (tertiary/aromatic N) is 3. The number of hydrogen-bond donors (Lipinski definition) is 3. The van der Waals surface area contributed by atoms with Crippen molar-refractivity contribution in [2.75, 3.05) is 19.0 Å². The molecule has 2 aromatic heterocycles. The fraction of sp³-hybridized carbons (Fsp3) is 0.481. The standard InChI is InChI=1S/C27H30F3N5O5/c1-24(2,3)26(23(37)38)11-10-25(12-13-31,15-40-26)35-18-9-14-32-22(36)19(18)21(34-35)33-17-7-5-16(6-8-17)20(39-4)27(28,29)30/h5-9,14,20H,10-12,15H2,1-4H3,(H,32,36)(H,33,34)(H,37,38). The normalized spacial score (nSPS) is 22.6. The lowest BCUT2D eigenvalue weighted by Gasteiger charge is -2.49. The van der Waals surface area contributed by atoms with E-state index in [-0.39, 0.29) is 42.6 Å². The molecule has 1 saturated heterocycles. The van der Waals surface area contributed by atoms with Gasteiger partial charge in [0.2, 0.25) is 0 Å². The molecule has 1 aliphatic heterocycles. The molecule has 0 aliphatic carbocycles. The third-order valence-electron chi connectivity index (χ3n) is 7.56. The van der Waals surface area contributed by atoms with Crippen LogP contribution in [0.15, 0.2) is 41.3 Å². The van der Waals surface area contributed by atoms with Crippen LogP contribution in [0.2, 0.25) is 0 Å². The minimum absolute atomic E-state index is 0.0690. The van der Waals surface area contributed by atoms with Crippen molar-refractivity contribution >= 4 is 28.4 Å². The topological polar surface area (TPSA) is 142 Å². The van der Waals surface area contributed by atoms with Crippen molar-refractivity contribution in [3.8, 4) is 6.07 Å². The summed E-state index contributed by atoms with van der Waals surface area (Å²) in [4.78, 5) is 27.8. The Morgan fingerprint density at radius 3 is 2.45 bits per heavy atom. The van der Waals surface area contributed by atoms with E-state index in [2.05, 4.69) is 26.2 Å². The smallest absolute Gasteiger partial charge is 0.418 e. The van der Waals surface area contributed by atoms with E-state index in [1.807, 2.05) is 0 Å². The van der Waals surface area contributed by atoms with Gasteiger partial charge in [-0.3, -0.25) is 9.48 Å². The third kappa shape index (κ3) is 4.93. The van der Waals surface area contributed by atoms with Gasteiger partial charge in [0.25, 0.3) is 5.56 Å². The van der Waals surface area contributed by atoms with Crippen molar-refractivity contribution in [1.29, 1.82) is 5.26 Å². The summed E-state index contributed by atoms with van der Waals surface area (Å²) < 4.78 is 52.0. The molecule has 0 radical (unpaired) electrons. The summed E-state index contributed by atoms with van der Waals surface area (Å²) >= 11 is 0. The number of benzene rings is 1. The van der Waals surface area contributed by atoms with Crippen LogP contribution in [0.5, 0.6) is 0 Å². The Kier molecular flexibility index (Phi) is 7.46. The summed E-state index contributed by atoms with van der Waals surface area (Å²) in [7, 11) is 0.976. The number of aromatic amines is 1. The van der Waals surface area contributed by atoms with E-state index in [9.17, 15) is 33.1 Å². The van der Waals surface area contributed by atoms with Gasteiger partial charge in [0.1, 0.15) is 5.39 Å². The molecule has 0 saturated carbocycles. The van der Waals surface area contributed by atoms with Crippen LogP contribution in [0.1, 0.15) is 51.7 Å². The van der Waals surface area contributed by atoms with Crippen LogP contribution in [0, 0.1) is 16.7 Å². The van der Waals surface area contributed by atoms with Crippen LogP contribution >= 0.6 is 0 Å². The predicted molar refractivity (Wildman–Crippen MR) is 139 cm³/mol. The minimum atomic E-state index is -4.59. The second kappa shape index (κ2) is 10.3. The zero-order valence-electron chi connectivity index (χ0n) is 22.4. The molecule has 40 heavy (non-hydrogen) atoms. The highest BCUT2D eigenvalue weighted by atomic mass is 19.4. The Hall–Kier alpha value is -3.89.